The Balaban J connectivity index is 2.36. The van der Waals surface area contributed by atoms with Crippen LogP contribution in [0.3, 0.4) is 0 Å². The molecule has 110 valence electrons. The van der Waals surface area contributed by atoms with Gasteiger partial charge in [-0.05, 0) is 37.6 Å². The topological polar surface area (TPSA) is 55.2 Å². The van der Waals surface area contributed by atoms with Crippen molar-refractivity contribution in [1.82, 2.24) is 5.32 Å². The van der Waals surface area contributed by atoms with Crippen molar-refractivity contribution in [1.29, 1.82) is 0 Å². The smallest absolute Gasteiger partial charge is 0.272 e. The highest BCUT2D eigenvalue weighted by molar-refractivity contribution is 9.10. The molecule has 0 aliphatic heterocycles. The van der Waals surface area contributed by atoms with E-state index in [-0.39, 0.29) is 16.7 Å². The molecule has 1 atom stereocenters. The molecule has 0 spiro atoms. The maximum atomic E-state index is 11.1. The summed E-state index contributed by atoms with van der Waals surface area (Å²) in [6.07, 6.45) is 0.574. The van der Waals surface area contributed by atoms with Gasteiger partial charge < -0.3 is 5.32 Å². The van der Waals surface area contributed by atoms with Crippen molar-refractivity contribution in [3.05, 3.63) is 73.7 Å². The van der Waals surface area contributed by atoms with Gasteiger partial charge in [-0.1, -0.05) is 46.3 Å². The van der Waals surface area contributed by atoms with Gasteiger partial charge in [-0.25, -0.2) is 0 Å². The van der Waals surface area contributed by atoms with Crippen LogP contribution in [-0.2, 0) is 6.42 Å². The molecule has 0 aromatic heterocycles. The summed E-state index contributed by atoms with van der Waals surface area (Å²) >= 11 is 3.53. The fraction of sp³-hybridized carbons (Fsp3) is 0.250. The molecule has 0 amide bonds. The van der Waals surface area contributed by atoms with Crippen LogP contribution in [0.15, 0.2) is 46.9 Å². The predicted molar refractivity (Wildman–Crippen MR) is 87.5 cm³/mol. The van der Waals surface area contributed by atoms with Gasteiger partial charge in [-0.2, -0.15) is 0 Å². The number of hydrogen-bond acceptors (Lipinski definition) is 3. The van der Waals surface area contributed by atoms with Gasteiger partial charge in [0.25, 0.3) is 5.69 Å². The van der Waals surface area contributed by atoms with Crippen molar-refractivity contribution in [2.45, 2.75) is 19.4 Å². The van der Waals surface area contributed by atoms with Gasteiger partial charge >= 0.3 is 0 Å². The van der Waals surface area contributed by atoms with Crippen molar-refractivity contribution in [3.8, 4) is 0 Å². The number of halogens is 1. The van der Waals surface area contributed by atoms with Crippen LogP contribution in [-0.4, -0.2) is 12.0 Å². The van der Waals surface area contributed by atoms with Crippen molar-refractivity contribution in [2.24, 2.45) is 0 Å². The number of hydrogen-bond donors (Lipinski definition) is 1. The summed E-state index contributed by atoms with van der Waals surface area (Å²) in [6, 6.07) is 13.0. The largest absolute Gasteiger partial charge is 0.313 e. The Hall–Kier alpha value is -1.72. The molecule has 2 aromatic rings. The van der Waals surface area contributed by atoms with E-state index in [0.29, 0.717) is 6.42 Å². The average molecular weight is 349 g/mol. The molecule has 1 unspecified atom stereocenters. The summed E-state index contributed by atoms with van der Waals surface area (Å²) in [6.45, 7) is 2.04. The molecule has 0 heterocycles. The number of para-hydroxylation sites is 1. The third-order valence-electron chi connectivity index (χ3n) is 3.65. The number of benzene rings is 2. The van der Waals surface area contributed by atoms with Crippen LogP contribution in [0.5, 0.6) is 0 Å². The Morgan fingerprint density at radius 2 is 1.95 bits per heavy atom. The molecular weight excluding hydrogens is 332 g/mol. The minimum absolute atomic E-state index is 0.0311. The number of likely N-dealkylation sites (N-methyl/N-ethyl adjacent to an activating group) is 1. The predicted octanol–water partition coefficient (Wildman–Crippen LogP) is 4.17. The fourth-order valence-electron chi connectivity index (χ4n) is 2.45. The van der Waals surface area contributed by atoms with Gasteiger partial charge in [0.15, 0.2) is 0 Å². The van der Waals surface area contributed by atoms with Gasteiger partial charge in [0.05, 0.1) is 4.92 Å². The number of nitro groups is 1. The summed E-state index contributed by atoms with van der Waals surface area (Å²) in [5.41, 5.74) is 3.20. The first-order chi connectivity index (χ1) is 10.0. The van der Waals surface area contributed by atoms with Crippen LogP contribution in [0.25, 0.3) is 0 Å². The fourth-order valence-corrected chi connectivity index (χ4v) is 2.83. The quantitative estimate of drug-likeness (QED) is 0.651. The molecule has 0 saturated carbocycles. The molecule has 2 aromatic carbocycles. The van der Waals surface area contributed by atoms with Gasteiger partial charge in [-0.3, -0.25) is 10.1 Å². The monoisotopic (exact) mass is 348 g/mol. The van der Waals surface area contributed by atoms with Crippen LogP contribution in [0.2, 0.25) is 0 Å². The lowest BCUT2D eigenvalue weighted by atomic mass is 9.95. The van der Waals surface area contributed by atoms with E-state index in [9.17, 15) is 10.1 Å². The molecule has 0 radical (unpaired) electrons. The number of nitrogens with zero attached hydrogens (tertiary/aromatic N) is 1. The highest BCUT2D eigenvalue weighted by atomic mass is 79.9. The Kier molecular flexibility index (Phi) is 5.09. The highest BCUT2D eigenvalue weighted by Gasteiger charge is 2.19. The zero-order valence-electron chi connectivity index (χ0n) is 12.0. The number of rotatable bonds is 5. The first kappa shape index (κ1) is 15.7. The summed E-state index contributed by atoms with van der Waals surface area (Å²) in [4.78, 5) is 10.8. The molecule has 0 fully saturated rings. The number of nitrogens with one attached hydrogen (secondary N) is 1. The second-order valence-corrected chi connectivity index (χ2v) is 5.74. The number of nitro benzene ring substituents is 1. The van der Waals surface area contributed by atoms with Crippen LogP contribution in [0.4, 0.5) is 5.69 Å². The normalized spacial score (nSPS) is 12.1. The van der Waals surface area contributed by atoms with Crippen LogP contribution in [0, 0.1) is 17.0 Å². The minimum Gasteiger partial charge on any atom is -0.313 e. The van der Waals surface area contributed by atoms with E-state index in [1.54, 1.807) is 12.1 Å². The summed E-state index contributed by atoms with van der Waals surface area (Å²) in [5, 5.41) is 14.4. The van der Waals surface area contributed by atoms with Crippen molar-refractivity contribution in [2.75, 3.05) is 7.05 Å². The molecule has 4 nitrogen and oxygen atoms in total. The van der Waals surface area contributed by atoms with E-state index < -0.39 is 0 Å². The Morgan fingerprint density at radius 1 is 1.24 bits per heavy atom. The van der Waals surface area contributed by atoms with E-state index in [1.807, 2.05) is 38.2 Å². The minimum atomic E-state index is -0.324. The zero-order chi connectivity index (χ0) is 15.4. The van der Waals surface area contributed by atoms with Crippen molar-refractivity contribution in [3.63, 3.8) is 0 Å². The SMILES string of the molecule is CNC(Cc1ccccc1[N+](=O)[O-])c1cccc(Br)c1C. The first-order valence-corrected chi connectivity index (χ1v) is 7.48. The third-order valence-corrected chi connectivity index (χ3v) is 4.50. The highest BCUT2D eigenvalue weighted by Crippen LogP contribution is 2.29. The lowest BCUT2D eigenvalue weighted by molar-refractivity contribution is -0.385. The Bertz CT molecular complexity index is 658. The van der Waals surface area contributed by atoms with Crippen molar-refractivity contribution < 1.29 is 4.92 Å². The van der Waals surface area contributed by atoms with Crippen LogP contribution >= 0.6 is 15.9 Å². The molecule has 0 saturated heterocycles. The molecule has 21 heavy (non-hydrogen) atoms. The summed E-state index contributed by atoms with van der Waals surface area (Å²) < 4.78 is 1.04. The molecule has 1 N–H and O–H groups in total. The van der Waals surface area contributed by atoms with E-state index in [2.05, 4.69) is 27.3 Å². The Labute approximate surface area is 132 Å². The third kappa shape index (κ3) is 3.49. The van der Waals surface area contributed by atoms with Gasteiger partial charge in [0, 0.05) is 22.1 Å². The molecule has 0 aliphatic rings. The maximum Gasteiger partial charge on any atom is 0.272 e. The van der Waals surface area contributed by atoms with Crippen LogP contribution in [0.1, 0.15) is 22.7 Å². The summed E-state index contributed by atoms with van der Waals surface area (Å²) in [7, 11) is 1.87. The van der Waals surface area contributed by atoms with E-state index >= 15 is 0 Å². The molecule has 2 rings (SSSR count). The molecule has 0 bridgehead atoms. The molecule has 5 heteroatoms. The van der Waals surface area contributed by atoms with Crippen molar-refractivity contribution >= 4 is 21.6 Å². The van der Waals surface area contributed by atoms with E-state index in [4.69, 9.17) is 0 Å². The van der Waals surface area contributed by atoms with Gasteiger partial charge in [0.1, 0.15) is 0 Å². The van der Waals surface area contributed by atoms with E-state index in [1.165, 1.54) is 0 Å². The van der Waals surface area contributed by atoms with Gasteiger partial charge in [-0.15, -0.1) is 0 Å². The average Bonchev–Trinajstić information content (AvgIpc) is 2.48. The lowest BCUT2D eigenvalue weighted by Crippen LogP contribution is -2.20. The van der Waals surface area contributed by atoms with Crippen LogP contribution < -0.4 is 5.32 Å². The Morgan fingerprint density at radius 3 is 2.62 bits per heavy atom. The van der Waals surface area contributed by atoms with Gasteiger partial charge in [0.2, 0.25) is 0 Å². The summed E-state index contributed by atoms with van der Waals surface area (Å²) in [5.74, 6) is 0. The maximum absolute atomic E-state index is 11.1. The zero-order valence-corrected chi connectivity index (χ0v) is 13.6. The first-order valence-electron chi connectivity index (χ1n) is 6.69. The second kappa shape index (κ2) is 6.83. The molecule has 0 aliphatic carbocycles. The second-order valence-electron chi connectivity index (χ2n) is 4.89. The van der Waals surface area contributed by atoms with E-state index in [0.717, 1.165) is 21.2 Å². The lowest BCUT2D eigenvalue weighted by Gasteiger charge is -2.19. The molecular formula is C16H17BrN2O2. The standard InChI is InChI=1S/C16H17BrN2O2/c1-11-13(7-5-8-14(11)17)15(18-2)10-12-6-3-4-9-16(12)19(20)21/h3-9,15,18H,10H2,1-2H3.